The summed E-state index contributed by atoms with van der Waals surface area (Å²) in [6.45, 7) is 4.35. The normalized spacial score (nSPS) is 16.5. The predicted octanol–water partition coefficient (Wildman–Crippen LogP) is 2.96. The van der Waals surface area contributed by atoms with Crippen LogP contribution in [0.4, 0.5) is 0 Å². The van der Waals surface area contributed by atoms with Crippen LogP contribution in [0.5, 0.6) is 5.75 Å². The lowest BCUT2D eigenvalue weighted by Gasteiger charge is -2.10. The van der Waals surface area contributed by atoms with Gasteiger partial charge in [0.25, 0.3) is 0 Å². The highest BCUT2D eigenvalue weighted by atomic mass is 16.6. The number of carbonyl (C=O) groups is 3. The molecule has 0 bridgehead atoms. The van der Waals surface area contributed by atoms with Crippen molar-refractivity contribution in [3.63, 3.8) is 0 Å². The Bertz CT molecular complexity index is 591. The summed E-state index contributed by atoms with van der Waals surface area (Å²) in [5.41, 5.74) is 0.506. The van der Waals surface area contributed by atoms with E-state index in [2.05, 4.69) is 0 Å². The quantitative estimate of drug-likeness (QED) is 0.440. The van der Waals surface area contributed by atoms with Crippen LogP contribution in [-0.4, -0.2) is 30.2 Å². The molecule has 1 aliphatic carbocycles. The van der Waals surface area contributed by atoms with Gasteiger partial charge in [0.05, 0.1) is 12.2 Å². The maximum Gasteiger partial charge on any atom is 0.306 e. The number of hydrogen-bond donors (Lipinski definition) is 0. The highest BCUT2D eigenvalue weighted by molar-refractivity contribution is 6.30. The molecular formula is C17H20O5. The zero-order valence-corrected chi connectivity index (χ0v) is 12.9. The second-order valence-electron chi connectivity index (χ2n) is 5.23. The van der Waals surface area contributed by atoms with Gasteiger partial charge in [-0.15, -0.1) is 0 Å². The SMILES string of the molecule is CCCCOc1cccc2c1C(=O)C(OC(=O)CCC)C2=O. The summed E-state index contributed by atoms with van der Waals surface area (Å²) in [6, 6.07) is 4.90. The van der Waals surface area contributed by atoms with Crippen LogP contribution in [0.2, 0.25) is 0 Å². The molecule has 0 radical (unpaired) electrons. The van der Waals surface area contributed by atoms with E-state index in [0.29, 0.717) is 18.8 Å². The van der Waals surface area contributed by atoms with Crippen LogP contribution in [0.15, 0.2) is 18.2 Å². The number of carbonyl (C=O) groups excluding carboxylic acids is 3. The first-order valence-electron chi connectivity index (χ1n) is 7.63. The van der Waals surface area contributed by atoms with Crippen LogP contribution in [0, 0.1) is 0 Å². The average Bonchev–Trinajstić information content (AvgIpc) is 2.74. The van der Waals surface area contributed by atoms with Crippen LogP contribution in [0.1, 0.15) is 60.2 Å². The van der Waals surface area contributed by atoms with Crippen molar-refractivity contribution in [1.82, 2.24) is 0 Å². The second kappa shape index (κ2) is 7.20. The number of benzene rings is 1. The predicted molar refractivity (Wildman–Crippen MR) is 80.3 cm³/mol. The van der Waals surface area contributed by atoms with Gasteiger partial charge < -0.3 is 9.47 Å². The van der Waals surface area contributed by atoms with Gasteiger partial charge in [-0.2, -0.15) is 0 Å². The molecule has 2 rings (SSSR count). The number of ketones is 2. The van der Waals surface area contributed by atoms with E-state index < -0.39 is 23.6 Å². The molecule has 1 aliphatic rings. The first kappa shape index (κ1) is 16.2. The summed E-state index contributed by atoms with van der Waals surface area (Å²) >= 11 is 0. The summed E-state index contributed by atoms with van der Waals surface area (Å²) in [6.07, 6.45) is 1.27. The molecule has 0 aliphatic heterocycles. The van der Waals surface area contributed by atoms with Gasteiger partial charge in [0.1, 0.15) is 5.75 Å². The molecule has 1 aromatic rings. The molecule has 1 aromatic carbocycles. The van der Waals surface area contributed by atoms with E-state index in [0.717, 1.165) is 12.8 Å². The lowest BCUT2D eigenvalue weighted by Crippen LogP contribution is -2.28. The van der Waals surface area contributed by atoms with E-state index in [1.165, 1.54) is 0 Å². The van der Waals surface area contributed by atoms with Gasteiger partial charge in [-0.05, 0) is 18.9 Å². The van der Waals surface area contributed by atoms with Crippen molar-refractivity contribution >= 4 is 17.5 Å². The molecule has 0 heterocycles. The van der Waals surface area contributed by atoms with Crippen molar-refractivity contribution in [3.8, 4) is 5.75 Å². The third-order valence-corrected chi connectivity index (χ3v) is 3.47. The minimum absolute atomic E-state index is 0.188. The second-order valence-corrected chi connectivity index (χ2v) is 5.23. The average molecular weight is 304 g/mol. The highest BCUT2D eigenvalue weighted by Gasteiger charge is 2.43. The summed E-state index contributed by atoms with van der Waals surface area (Å²) in [4.78, 5) is 36.3. The first-order chi connectivity index (χ1) is 10.6. The van der Waals surface area contributed by atoms with E-state index in [-0.39, 0.29) is 17.5 Å². The van der Waals surface area contributed by atoms with Crippen molar-refractivity contribution in [1.29, 1.82) is 0 Å². The van der Waals surface area contributed by atoms with Gasteiger partial charge in [0, 0.05) is 12.0 Å². The Hall–Kier alpha value is -2.17. The zero-order valence-electron chi connectivity index (χ0n) is 12.9. The maximum atomic E-state index is 12.4. The third-order valence-electron chi connectivity index (χ3n) is 3.47. The van der Waals surface area contributed by atoms with Crippen LogP contribution in [0.25, 0.3) is 0 Å². The Labute approximate surface area is 129 Å². The number of ether oxygens (including phenoxy) is 2. The largest absolute Gasteiger partial charge is 0.493 e. The molecule has 1 atom stereocenters. The molecule has 118 valence electrons. The summed E-state index contributed by atoms with van der Waals surface area (Å²) < 4.78 is 10.6. The molecule has 5 nitrogen and oxygen atoms in total. The third kappa shape index (κ3) is 3.18. The number of rotatable bonds is 7. The van der Waals surface area contributed by atoms with Gasteiger partial charge >= 0.3 is 5.97 Å². The Morgan fingerprint density at radius 1 is 1.14 bits per heavy atom. The zero-order chi connectivity index (χ0) is 16.1. The van der Waals surface area contributed by atoms with Gasteiger partial charge in [0.2, 0.25) is 17.7 Å². The van der Waals surface area contributed by atoms with Gasteiger partial charge in [-0.1, -0.05) is 32.4 Å². The number of esters is 1. The maximum absolute atomic E-state index is 12.4. The van der Waals surface area contributed by atoms with Crippen molar-refractivity contribution in [2.24, 2.45) is 0 Å². The molecule has 0 N–H and O–H groups in total. The molecule has 0 fully saturated rings. The van der Waals surface area contributed by atoms with E-state index in [1.54, 1.807) is 18.2 Å². The fourth-order valence-corrected chi connectivity index (χ4v) is 2.33. The van der Waals surface area contributed by atoms with Crippen LogP contribution in [0.3, 0.4) is 0 Å². The summed E-state index contributed by atoms with van der Waals surface area (Å²) in [5.74, 6) is -1.10. The minimum Gasteiger partial charge on any atom is -0.493 e. The lowest BCUT2D eigenvalue weighted by molar-refractivity contribution is -0.145. The van der Waals surface area contributed by atoms with Crippen molar-refractivity contribution in [3.05, 3.63) is 29.3 Å². The molecule has 22 heavy (non-hydrogen) atoms. The Morgan fingerprint density at radius 2 is 1.91 bits per heavy atom. The molecule has 0 amide bonds. The van der Waals surface area contributed by atoms with E-state index in [1.807, 2.05) is 13.8 Å². The van der Waals surface area contributed by atoms with Crippen molar-refractivity contribution < 1.29 is 23.9 Å². The van der Waals surface area contributed by atoms with Crippen LogP contribution < -0.4 is 4.74 Å². The highest BCUT2D eigenvalue weighted by Crippen LogP contribution is 2.32. The molecule has 0 spiro atoms. The Morgan fingerprint density at radius 3 is 2.59 bits per heavy atom. The standard InChI is InChI=1S/C17H20O5/c1-3-5-10-21-12-9-6-8-11-14(12)16(20)17(15(11)19)22-13(18)7-4-2/h6,8-9,17H,3-5,7,10H2,1-2H3. The van der Waals surface area contributed by atoms with Gasteiger partial charge in [-0.25, -0.2) is 0 Å². The lowest BCUT2D eigenvalue weighted by atomic mass is 10.1. The number of fused-ring (bicyclic) bond motifs is 1. The fourth-order valence-electron chi connectivity index (χ4n) is 2.33. The minimum atomic E-state index is -1.36. The summed E-state index contributed by atoms with van der Waals surface area (Å²) in [5, 5.41) is 0. The van der Waals surface area contributed by atoms with Crippen molar-refractivity contribution in [2.75, 3.05) is 6.61 Å². The van der Waals surface area contributed by atoms with Crippen molar-refractivity contribution in [2.45, 2.75) is 45.6 Å². The fraction of sp³-hybridized carbons (Fsp3) is 0.471. The Kier molecular flexibility index (Phi) is 5.31. The monoisotopic (exact) mass is 304 g/mol. The summed E-state index contributed by atoms with van der Waals surface area (Å²) in [7, 11) is 0. The van der Waals surface area contributed by atoms with Gasteiger partial charge in [0.15, 0.2) is 0 Å². The molecule has 0 saturated carbocycles. The number of Topliss-reactive ketones (excluding diaryl/α,β-unsaturated/α-hetero) is 2. The smallest absolute Gasteiger partial charge is 0.306 e. The number of unbranched alkanes of at least 4 members (excludes halogenated alkanes) is 1. The molecular weight excluding hydrogens is 284 g/mol. The van der Waals surface area contributed by atoms with Gasteiger partial charge in [-0.3, -0.25) is 14.4 Å². The van der Waals surface area contributed by atoms with Crippen LogP contribution in [-0.2, 0) is 9.53 Å². The molecule has 0 saturated heterocycles. The van der Waals surface area contributed by atoms with E-state index in [9.17, 15) is 14.4 Å². The molecule has 5 heteroatoms. The molecule has 1 unspecified atom stereocenters. The first-order valence-corrected chi connectivity index (χ1v) is 7.63. The van der Waals surface area contributed by atoms with E-state index in [4.69, 9.17) is 9.47 Å². The Balaban J connectivity index is 2.21. The molecule has 0 aromatic heterocycles. The number of hydrogen-bond acceptors (Lipinski definition) is 5. The van der Waals surface area contributed by atoms with E-state index >= 15 is 0 Å². The van der Waals surface area contributed by atoms with Crippen LogP contribution >= 0.6 is 0 Å². The topological polar surface area (TPSA) is 69.7 Å².